The smallest absolute Gasteiger partial charge is 0.336 e. The molecule has 182 valence electrons. The lowest BCUT2D eigenvalue weighted by atomic mass is 10.1. The van der Waals surface area contributed by atoms with Gasteiger partial charge in [0.15, 0.2) is 12.5 Å². The van der Waals surface area contributed by atoms with Crippen molar-refractivity contribution >= 4 is 35.8 Å². The van der Waals surface area contributed by atoms with Crippen LogP contribution in [-0.4, -0.2) is 29.5 Å². The van der Waals surface area contributed by atoms with Crippen molar-refractivity contribution in [2.45, 2.75) is 13.5 Å². The fourth-order valence-electron chi connectivity index (χ4n) is 3.50. The number of anilines is 1. The zero-order valence-corrected chi connectivity index (χ0v) is 20.3. The maximum absolute atomic E-state index is 11.3. The van der Waals surface area contributed by atoms with Crippen molar-refractivity contribution in [2.75, 3.05) is 12.0 Å². The third-order valence-corrected chi connectivity index (χ3v) is 5.71. The molecule has 8 heteroatoms. The number of benzene rings is 3. The van der Waals surface area contributed by atoms with Crippen LogP contribution in [-0.2, 0) is 6.61 Å². The van der Waals surface area contributed by atoms with E-state index in [4.69, 9.17) is 21.1 Å². The number of nitrogens with zero attached hydrogens (tertiary/aromatic N) is 2. The van der Waals surface area contributed by atoms with E-state index in [1.54, 1.807) is 25.1 Å². The van der Waals surface area contributed by atoms with Crippen LogP contribution in [0, 0.1) is 6.92 Å². The molecule has 0 aliphatic heterocycles. The van der Waals surface area contributed by atoms with Crippen molar-refractivity contribution in [3.8, 4) is 22.8 Å². The van der Waals surface area contributed by atoms with E-state index in [1.807, 2.05) is 54.6 Å². The predicted octanol–water partition coefficient (Wildman–Crippen LogP) is 6.77. The summed E-state index contributed by atoms with van der Waals surface area (Å²) in [4.78, 5) is 19.9. The standard InChI is InChI=1S/C28H24ClN3O4/c1-18-8-11-22(14-23(18)28(33)34)36-17-31-25-15-24(29)26(32-27(25)30-2)20-9-12-21(13-10-20)35-16-19-6-4-3-5-7-19/h3-15,31H,2,16-17H2,1H3,(H,33,34). The van der Waals surface area contributed by atoms with E-state index < -0.39 is 5.97 Å². The molecular weight excluding hydrogens is 478 g/mol. The summed E-state index contributed by atoms with van der Waals surface area (Å²) >= 11 is 6.54. The van der Waals surface area contributed by atoms with Crippen LogP contribution in [0.4, 0.5) is 11.5 Å². The number of ether oxygens (including phenoxy) is 2. The van der Waals surface area contributed by atoms with Gasteiger partial charge in [0.1, 0.15) is 18.1 Å². The van der Waals surface area contributed by atoms with Crippen molar-refractivity contribution < 1.29 is 19.4 Å². The van der Waals surface area contributed by atoms with Crippen LogP contribution < -0.4 is 14.8 Å². The number of aryl methyl sites for hydroxylation is 1. The Morgan fingerprint density at radius 3 is 2.44 bits per heavy atom. The minimum Gasteiger partial charge on any atom is -0.489 e. The summed E-state index contributed by atoms with van der Waals surface area (Å²) < 4.78 is 11.5. The highest BCUT2D eigenvalue weighted by Crippen LogP contribution is 2.34. The molecule has 0 spiro atoms. The summed E-state index contributed by atoms with van der Waals surface area (Å²) in [6.07, 6.45) is 0. The average molecular weight is 502 g/mol. The molecule has 4 rings (SSSR count). The third-order valence-electron chi connectivity index (χ3n) is 5.42. The number of carbonyl (C=O) groups is 1. The number of hydrogen-bond donors (Lipinski definition) is 2. The van der Waals surface area contributed by atoms with Gasteiger partial charge in [-0.2, -0.15) is 0 Å². The highest BCUT2D eigenvalue weighted by atomic mass is 35.5. The van der Waals surface area contributed by atoms with Gasteiger partial charge in [-0.3, -0.25) is 0 Å². The van der Waals surface area contributed by atoms with Crippen LogP contribution in [0.2, 0.25) is 5.02 Å². The Morgan fingerprint density at radius 1 is 1.03 bits per heavy atom. The van der Waals surface area contributed by atoms with Crippen molar-refractivity contribution in [1.29, 1.82) is 0 Å². The predicted molar refractivity (Wildman–Crippen MR) is 142 cm³/mol. The Kier molecular flexibility index (Phi) is 7.82. The summed E-state index contributed by atoms with van der Waals surface area (Å²) in [7, 11) is 0. The van der Waals surface area contributed by atoms with Gasteiger partial charge in [-0.25, -0.2) is 14.8 Å². The first kappa shape index (κ1) is 24.8. The molecule has 1 heterocycles. The summed E-state index contributed by atoms with van der Waals surface area (Å²) in [5, 5.41) is 12.8. The minimum absolute atomic E-state index is 0.0510. The second-order valence-corrected chi connectivity index (χ2v) is 8.30. The molecule has 0 atom stereocenters. The van der Waals surface area contributed by atoms with Crippen LogP contribution in [0.25, 0.3) is 11.3 Å². The van der Waals surface area contributed by atoms with Gasteiger partial charge in [0.2, 0.25) is 0 Å². The van der Waals surface area contributed by atoms with E-state index in [2.05, 4.69) is 22.0 Å². The molecular formula is C28H24ClN3O4. The first-order valence-electron chi connectivity index (χ1n) is 11.1. The minimum atomic E-state index is -1.01. The van der Waals surface area contributed by atoms with Gasteiger partial charge in [0, 0.05) is 5.56 Å². The summed E-state index contributed by atoms with van der Waals surface area (Å²) in [6.45, 7) is 5.87. The number of aromatic carboxylic acids is 1. The van der Waals surface area contributed by atoms with Gasteiger partial charge in [0.05, 0.1) is 22.0 Å². The van der Waals surface area contributed by atoms with Crippen LogP contribution >= 0.6 is 11.6 Å². The molecule has 0 radical (unpaired) electrons. The van der Waals surface area contributed by atoms with Gasteiger partial charge in [-0.15, -0.1) is 0 Å². The van der Waals surface area contributed by atoms with Crippen molar-refractivity contribution in [1.82, 2.24) is 4.98 Å². The number of pyridine rings is 1. The lowest BCUT2D eigenvalue weighted by Gasteiger charge is -2.14. The van der Waals surface area contributed by atoms with Crippen LogP contribution in [0.1, 0.15) is 21.5 Å². The molecule has 0 unspecified atom stereocenters. The molecule has 4 aromatic rings. The highest BCUT2D eigenvalue weighted by Gasteiger charge is 2.13. The maximum Gasteiger partial charge on any atom is 0.336 e. The molecule has 0 saturated heterocycles. The molecule has 0 fully saturated rings. The number of carboxylic acid groups (broad SMARTS) is 1. The second kappa shape index (κ2) is 11.4. The number of halogens is 1. The number of hydrogen-bond acceptors (Lipinski definition) is 6. The molecule has 0 amide bonds. The van der Waals surface area contributed by atoms with Gasteiger partial charge in [-0.1, -0.05) is 48.0 Å². The fraction of sp³-hybridized carbons (Fsp3) is 0.107. The quantitative estimate of drug-likeness (QED) is 0.184. The van der Waals surface area contributed by atoms with E-state index in [0.29, 0.717) is 40.1 Å². The summed E-state index contributed by atoms with van der Waals surface area (Å²) in [5.41, 5.74) is 3.83. The molecule has 36 heavy (non-hydrogen) atoms. The highest BCUT2D eigenvalue weighted by molar-refractivity contribution is 6.33. The van der Waals surface area contributed by atoms with Gasteiger partial charge < -0.3 is 19.9 Å². The van der Waals surface area contributed by atoms with Crippen LogP contribution in [0.15, 0.2) is 83.9 Å². The van der Waals surface area contributed by atoms with Crippen LogP contribution in [0.3, 0.4) is 0 Å². The second-order valence-electron chi connectivity index (χ2n) is 7.89. The lowest BCUT2D eigenvalue weighted by molar-refractivity contribution is 0.0695. The Morgan fingerprint density at radius 2 is 1.75 bits per heavy atom. The SMILES string of the molecule is C=Nc1nc(-c2ccc(OCc3ccccc3)cc2)c(Cl)cc1NCOc1ccc(C)c(C(=O)O)c1. The average Bonchev–Trinajstić information content (AvgIpc) is 2.89. The number of rotatable bonds is 10. The van der Waals surface area contributed by atoms with E-state index in [0.717, 1.165) is 16.9 Å². The molecule has 2 N–H and O–H groups in total. The molecule has 1 aromatic heterocycles. The first-order valence-corrected chi connectivity index (χ1v) is 11.5. The fourth-order valence-corrected chi connectivity index (χ4v) is 3.76. The Labute approximate surface area is 214 Å². The van der Waals surface area contributed by atoms with Crippen molar-refractivity contribution in [2.24, 2.45) is 4.99 Å². The Hall–Kier alpha value is -4.36. The zero-order chi connectivity index (χ0) is 25.5. The molecule has 0 bridgehead atoms. The molecule has 0 aliphatic rings. The van der Waals surface area contributed by atoms with E-state index in [-0.39, 0.29) is 12.3 Å². The molecule has 0 saturated carbocycles. The third kappa shape index (κ3) is 6.00. The first-order chi connectivity index (χ1) is 17.4. The number of carboxylic acids is 1. The summed E-state index contributed by atoms with van der Waals surface area (Å²) in [6, 6.07) is 24.0. The number of nitrogens with one attached hydrogen (secondary N) is 1. The monoisotopic (exact) mass is 501 g/mol. The molecule has 7 nitrogen and oxygen atoms in total. The van der Waals surface area contributed by atoms with Gasteiger partial charge in [0.25, 0.3) is 0 Å². The lowest BCUT2D eigenvalue weighted by Crippen LogP contribution is -2.10. The van der Waals surface area contributed by atoms with E-state index >= 15 is 0 Å². The Balaban J connectivity index is 1.43. The van der Waals surface area contributed by atoms with E-state index in [9.17, 15) is 9.90 Å². The summed E-state index contributed by atoms with van der Waals surface area (Å²) in [5.74, 6) is 0.506. The van der Waals surface area contributed by atoms with E-state index in [1.165, 1.54) is 6.07 Å². The van der Waals surface area contributed by atoms with Crippen LogP contribution in [0.5, 0.6) is 11.5 Å². The topological polar surface area (TPSA) is 93.0 Å². The van der Waals surface area contributed by atoms with Gasteiger partial charge in [-0.05, 0) is 67.2 Å². The van der Waals surface area contributed by atoms with Gasteiger partial charge >= 0.3 is 5.97 Å². The zero-order valence-electron chi connectivity index (χ0n) is 19.6. The number of aromatic nitrogens is 1. The Bertz CT molecular complexity index is 1380. The van der Waals surface area contributed by atoms with Crippen molar-refractivity contribution in [3.05, 3.63) is 101 Å². The largest absolute Gasteiger partial charge is 0.489 e. The molecule has 3 aromatic carbocycles. The maximum atomic E-state index is 11.3. The normalized spacial score (nSPS) is 10.5. The molecule has 0 aliphatic carbocycles. The number of aliphatic imine (C=N–C) groups is 1. The van der Waals surface area contributed by atoms with Crippen molar-refractivity contribution in [3.63, 3.8) is 0 Å².